The van der Waals surface area contributed by atoms with Gasteiger partial charge >= 0.3 is 12.0 Å². The molecule has 0 spiro atoms. The van der Waals surface area contributed by atoms with E-state index in [2.05, 4.69) is 54.2 Å². The quantitative estimate of drug-likeness (QED) is 0.349. The number of nitrogens with zero attached hydrogens (tertiary/aromatic N) is 7. The van der Waals surface area contributed by atoms with Crippen molar-refractivity contribution in [2.24, 2.45) is 0 Å². The lowest BCUT2D eigenvalue weighted by Gasteiger charge is -2.32. The highest BCUT2D eigenvalue weighted by atomic mass is 16.5. The number of ether oxygens (including phenoxy) is 1. The first-order valence-corrected chi connectivity index (χ1v) is 12.8. The first-order chi connectivity index (χ1) is 19.1. The summed E-state index contributed by atoms with van der Waals surface area (Å²) in [5.74, 6) is 0.494. The van der Waals surface area contributed by atoms with E-state index in [1.165, 1.54) is 16.5 Å². The first kappa shape index (κ1) is 24.7. The Balaban J connectivity index is 1.14. The summed E-state index contributed by atoms with van der Waals surface area (Å²) in [4.78, 5) is 35.1. The maximum Gasteiger partial charge on any atom is 0.331 e. The number of aromatic nitrogens is 5. The number of carbonyl (C=O) groups excluding carboxylic acids is 1. The van der Waals surface area contributed by atoms with E-state index in [0.717, 1.165) is 44.0 Å². The molecule has 5 aromatic rings. The zero-order valence-electron chi connectivity index (χ0n) is 21.6. The van der Waals surface area contributed by atoms with E-state index in [1.54, 1.807) is 42.9 Å². The van der Waals surface area contributed by atoms with Crippen LogP contribution in [0.15, 0.2) is 85.6 Å². The lowest BCUT2D eigenvalue weighted by atomic mass is 10.2. The molecule has 1 aliphatic heterocycles. The average Bonchev–Trinajstić information content (AvgIpc) is 3.39. The van der Waals surface area contributed by atoms with Gasteiger partial charge in [0.15, 0.2) is 0 Å². The lowest BCUT2D eigenvalue weighted by molar-refractivity contribution is 0.148. The number of imidazole rings is 1. The number of pyridine rings is 1. The normalized spacial score (nSPS) is 14.4. The number of likely N-dealkylation sites (N-methyl/N-ethyl adjacent to an activating group) is 1. The summed E-state index contributed by atoms with van der Waals surface area (Å²) in [6, 6.07) is 18.8. The minimum absolute atomic E-state index is 0.197. The van der Waals surface area contributed by atoms with Crippen molar-refractivity contribution in [2.45, 2.75) is 6.54 Å². The lowest BCUT2D eigenvalue weighted by Crippen LogP contribution is -2.43. The topological polar surface area (TPSA) is 101 Å². The highest BCUT2D eigenvalue weighted by Crippen LogP contribution is 2.25. The SMILES string of the molecule is CN1CCN(Cc2ccc(NC(=O)n3cnc4ccc(Oc5nccc(-c6cccnc6)n5)cc43)cc2)CC1. The summed E-state index contributed by atoms with van der Waals surface area (Å²) in [5, 5.41) is 2.96. The van der Waals surface area contributed by atoms with Gasteiger partial charge in [0.2, 0.25) is 0 Å². The molecule has 0 saturated carbocycles. The van der Waals surface area contributed by atoms with E-state index >= 15 is 0 Å². The van der Waals surface area contributed by atoms with Crippen LogP contribution in [0.25, 0.3) is 22.3 Å². The Morgan fingerprint density at radius 2 is 1.82 bits per heavy atom. The summed E-state index contributed by atoms with van der Waals surface area (Å²) >= 11 is 0. The predicted octanol–water partition coefficient (Wildman–Crippen LogP) is 4.51. The van der Waals surface area contributed by atoms with Gasteiger partial charge in [-0.1, -0.05) is 12.1 Å². The van der Waals surface area contributed by atoms with Crippen molar-refractivity contribution < 1.29 is 9.53 Å². The smallest absolute Gasteiger partial charge is 0.331 e. The molecule has 0 radical (unpaired) electrons. The van der Waals surface area contributed by atoms with Crippen LogP contribution in [0.2, 0.25) is 0 Å². The van der Waals surface area contributed by atoms with Crippen molar-refractivity contribution in [1.82, 2.24) is 34.3 Å². The van der Waals surface area contributed by atoms with Crippen LogP contribution in [0.5, 0.6) is 11.8 Å². The molecule has 0 unspecified atom stereocenters. The molecule has 3 aromatic heterocycles. The number of anilines is 1. The largest absolute Gasteiger partial charge is 0.424 e. The third-order valence-electron chi connectivity index (χ3n) is 6.74. The number of carbonyl (C=O) groups is 1. The van der Waals surface area contributed by atoms with Crippen LogP contribution in [0, 0.1) is 0 Å². The van der Waals surface area contributed by atoms with Crippen molar-refractivity contribution in [3.63, 3.8) is 0 Å². The number of benzene rings is 2. The van der Waals surface area contributed by atoms with Crippen LogP contribution in [-0.4, -0.2) is 73.6 Å². The van der Waals surface area contributed by atoms with E-state index in [-0.39, 0.29) is 12.0 Å². The molecule has 0 atom stereocenters. The van der Waals surface area contributed by atoms with E-state index in [1.807, 2.05) is 24.3 Å². The minimum atomic E-state index is -0.309. The fourth-order valence-corrected chi connectivity index (χ4v) is 4.52. The molecule has 10 heteroatoms. The predicted molar refractivity (Wildman–Crippen MR) is 149 cm³/mol. The zero-order valence-corrected chi connectivity index (χ0v) is 21.6. The molecule has 2 aromatic carbocycles. The molecule has 1 fully saturated rings. The fraction of sp³-hybridized carbons (Fsp3) is 0.207. The summed E-state index contributed by atoms with van der Waals surface area (Å²) in [5.41, 5.74) is 4.79. The summed E-state index contributed by atoms with van der Waals surface area (Å²) < 4.78 is 7.40. The minimum Gasteiger partial charge on any atom is -0.424 e. The van der Waals surface area contributed by atoms with Gasteiger partial charge in [0.25, 0.3) is 0 Å². The van der Waals surface area contributed by atoms with Gasteiger partial charge in [-0.3, -0.25) is 14.5 Å². The molecule has 1 amide bonds. The molecule has 10 nitrogen and oxygen atoms in total. The highest BCUT2D eigenvalue weighted by molar-refractivity contribution is 5.97. The molecule has 1 aliphatic rings. The van der Waals surface area contributed by atoms with Crippen LogP contribution in [0.4, 0.5) is 10.5 Å². The van der Waals surface area contributed by atoms with Gasteiger partial charge in [-0.2, -0.15) is 4.98 Å². The van der Waals surface area contributed by atoms with E-state index < -0.39 is 0 Å². The second-order valence-corrected chi connectivity index (χ2v) is 9.54. The maximum absolute atomic E-state index is 13.1. The number of piperazine rings is 1. The Kier molecular flexibility index (Phi) is 6.94. The molecule has 4 heterocycles. The molecule has 196 valence electrons. The summed E-state index contributed by atoms with van der Waals surface area (Å²) in [6.07, 6.45) is 6.58. The van der Waals surface area contributed by atoms with Crippen LogP contribution >= 0.6 is 0 Å². The number of fused-ring (bicyclic) bond motifs is 1. The molecule has 1 N–H and O–H groups in total. The van der Waals surface area contributed by atoms with Crippen LogP contribution in [0.3, 0.4) is 0 Å². The molecular weight excluding hydrogens is 492 g/mol. The number of hydrogen-bond donors (Lipinski definition) is 1. The van der Waals surface area contributed by atoms with E-state index in [0.29, 0.717) is 22.5 Å². The molecular formula is C29H28N8O2. The number of rotatable bonds is 6. The Labute approximate surface area is 225 Å². The summed E-state index contributed by atoms with van der Waals surface area (Å²) in [6.45, 7) is 5.22. The third kappa shape index (κ3) is 5.77. The zero-order chi connectivity index (χ0) is 26.6. The number of nitrogens with one attached hydrogen (secondary N) is 1. The van der Waals surface area contributed by atoms with Gasteiger partial charge in [0.1, 0.15) is 12.1 Å². The maximum atomic E-state index is 13.1. The molecule has 0 aliphatic carbocycles. The molecule has 39 heavy (non-hydrogen) atoms. The van der Waals surface area contributed by atoms with Crippen LogP contribution in [-0.2, 0) is 6.54 Å². The standard InChI is InChI=1S/C29H28N8O2/c1-35-13-15-36(16-14-35)19-21-4-6-23(7-5-21)33-29(38)37-20-32-26-9-8-24(17-27(26)37)39-28-31-12-10-25(34-28)22-3-2-11-30-18-22/h2-12,17-18,20H,13-16,19H2,1H3,(H,33,38). The third-order valence-corrected chi connectivity index (χ3v) is 6.74. The summed E-state index contributed by atoms with van der Waals surface area (Å²) in [7, 11) is 2.16. The Morgan fingerprint density at radius 3 is 2.62 bits per heavy atom. The monoisotopic (exact) mass is 520 g/mol. The van der Waals surface area contributed by atoms with Crippen LogP contribution in [0.1, 0.15) is 5.56 Å². The Bertz CT molecular complexity index is 1580. The second-order valence-electron chi connectivity index (χ2n) is 9.54. The molecule has 0 bridgehead atoms. The van der Waals surface area contributed by atoms with Crippen molar-refractivity contribution in [3.8, 4) is 23.0 Å². The van der Waals surface area contributed by atoms with Gasteiger partial charge in [-0.25, -0.2) is 14.8 Å². The van der Waals surface area contributed by atoms with E-state index in [4.69, 9.17) is 4.74 Å². The Morgan fingerprint density at radius 1 is 0.974 bits per heavy atom. The van der Waals surface area contributed by atoms with Crippen molar-refractivity contribution in [2.75, 3.05) is 38.5 Å². The van der Waals surface area contributed by atoms with Gasteiger partial charge in [-0.05, 0) is 55.1 Å². The first-order valence-electron chi connectivity index (χ1n) is 12.8. The van der Waals surface area contributed by atoms with Crippen molar-refractivity contribution >= 4 is 22.8 Å². The highest BCUT2D eigenvalue weighted by Gasteiger charge is 2.15. The average molecular weight is 521 g/mol. The number of hydrogen-bond acceptors (Lipinski definition) is 8. The number of amides is 1. The second kappa shape index (κ2) is 11.0. The molecule has 6 rings (SSSR count). The van der Waals surface area contributed by atoms with Gasteiger partial charge in [0, 0.05) is 68.6 Å². The van der Waals surface area contributed by atoms with Crippen molar-refractivity contribution in [1.29, 1.82) is 0 Å². The molecule has 1 saturated heterocycles. The van der Waals surface area contributed by atoms with Crippen LogP contribution < -0.4 is 10.1 Å². The van der Waals surface area contributed by atoms with Gasteiger partial charge in [-0.15, -0.1) is 0 Å². The van der Waals surface area contributed by atoms with Gasteiger partial charge in [0.05, 0.1) is 16.7 Å². The Hall–Kier alpha value is -4.67. The van der Waals surface area contributed by atoms with E-state index in [9.17, 15) is 4.79 Å². The van der Waals surface area contributed by atoms with Crippen molar-refractivity contribution in [3.05, 3.63) is 91.1 Å². The fourth-order valence-electron chi connectivity index (χ4n) is 4.52. The van der Waals surface area contributed by atoms with Gasteiger partial charge < -0.3 is 15.0 Å².